The monoisotopic (exact) mass is 500 g/mol. The molecule has 0 amide bonds. The van der Waals surface area contributed by atoms with Crippen molar-refractivity contribution < 1.29 is 35.6 Å². The first-order valence-corrected chi connectivity index (χ1v) is 10.9. The number of halogens is 2. The molecule has 30 heavy (non-hydrogen) atoms. The molecule has 0 bridgehead atoms. The molecule has 156 valence electrons. The summed E-state index contributed by atoms with van der Waals surface area (Å²) >= 11 is 0. The smallest absolute Gasteiger partial charge is 1.00 e. The van der Waals surface area contributed by atoms with Crippen molar-refractivity contribution in [3.63, 3.8) is 0 Å². The van der Waals surface area contributed by atoms with Crippen LogP contribution in [0.5, 0.6) is 0 Å². The number of hydrogen-bond donors (Lipinski definition) is 0. The van der Waals surface area contributed by atoms with Crippen molar-refractivity contribution in [1.29, 1.82) is 0 Å². The molecule has 2 atom stereocenters. The maximum absolute atomic E-state index is 3.35. The van der Waals surface area contributed by atoms with E-state index in [0.29, 0.717) is 0 Å². The molecule has 3 aromatic rings. The molecular weight excluding hydrogens is 472 g/mol. The van der Waals surface area contributed by atoms with Crippen molar-refractivity contribution >= 4 is 30.0 Å². The zero-order valence-corrected chi connectivity index (χ0v) is 21.3. The Bertz CT molecular complexity index is 910. The van der Waals surface area contributed by atoms with Crippen LogP contribution < -0.4 is 20.0 Å². The molecule has 4 rings (SSSR count). The summed E-state index contributed by atoms with van der Waals surface area (Å²) in [7, 11) is 0.759. The molecule has 1 aliphatic carbocycles. The summed E-state index contributed by atoms with van der Waals surface area (Å²) in [5, 5.41) is 5.58. The van der Waals surface area contributed by atoms with Gasteiger partial charge in [-0.3, -0.25) is 6.08 Å². The van der Waals surface area contributed by atoms with Crippen LogP contribution in [0.15, 0.2) is 78.4 Å². The van der Waals surface area contributed by atoms with Crippen molar-refractivity contribution in [2.75, 3.05) is 0 Å². The number of hydrogen-bond acceptors (Lipinski definition) is 0. The normalized spacial score (nSPS) is 13.0. The first kappa shape index (κ1) is 28.7. The van der Waals surface area contributed by atoms with Gasteiger partial charge in [0.1, 0.15) is 0 Å². The number of allylic oxidation sites excluding steroid dienone is 4. The van der Waals surface area contributed by atoms with E-state index in [2.05, 4.69) is 99.7 Å². The number of rotatable bonds is 5. The van der Waals surface area contributed by atoms with Crippen LogP contribution in [0.4, 0.5) is 0 Å². The molecule has 1 aliphatic rings. The molecule has 0 spiro atoms. The van der Waals surface area contributed by atoms with Gasteiger partial charge in [0.15, 0.2) is 0 Å². The maximum Gasteiger partial charge on any atom is 4.00 e. The van der Waals surface area contributed by atoms with Gasteiger partial charge in [0.25, 0.3) is 0 Å². The van der Waals surface area contributed by atoms with E-state index in [1.165, 1.54) is 45.4 Å². The van der Waals surface area contributed by atoms with Crippen LogP contribution in [0.1, 0.15) is 38.7 Å². The van der Waals surface area contributed by atoms with Gasteiger partial charge < -0.3 is 9.41 Å². The standard InChI is InChI=1S/C16H14P.C10H15.2FH.Zr/c1-12-6-2-5-9-16(12)17-15-10-13-7-3-4-8-14(13)11-15;1-3-6-9(2)10-7-4-5-8-10;;;/h2-11,17H,1H3;4,7,9H,3,5-6H2,1-2H3;2*1H;/q2*-1;;;+4/p-2. The summed E-state index contributed by atoms with van der Waals surface area (Å²) in [6.07, 6.45) is 11.3. The third-order valence-electron chi connectivity index (χ3n) is 5.02. The van der Waals surface area contributed by atoms with Crippen molar-refractivity contribution in [3.05, 3.63) is 90.0 Å². The minimum Gasteiger partial charge on any atom is -1.00 e. The molecule has 0 saturated heterocycles. The summed E-state index contributed by atoms with van der Waals surface area (Å²) in [6, 6.07) is 21.8. The summed E-state index contributed by atoms with van der Waals surface area (Å²) in [5.41, 5.74) is 2.80. The Morgan fingerprint density at radius 2 is 1.77 bits per heavy atom. The Morgan fingerprint density at radius 3 is 2.40 bits per heavy atom. The molecule has 4 heteroatoms. The van der Waals surface area contributed by atoms with Crippen molar-refractivity contribution in [2.45, 2.75) is 40.0 Å². The van der Waals surface area contributed by atoms with E-state index in [0.717, 1.165) is 20.9 Å². The number of aryl methyl sites for hydroxylation is 1. The summed E-state index contributed by atoms with van der Waals surface area (Å²) in [4.78, 5) is 0. The SMILES string of the molecule is CCCC(C)C1=[C-]CC=C1.Cc1ccccc1Pc1cc2ccccc2[cH-]1.[F-].[F-].[Zr+4]. The van der Waals surface area contributed by atoms with Gasteiger partial charge in [-0.05, 0) is 24.2 Å². The molecule has 0 fully saturated rings. The van der Waals surface area contributed by atoms with Gasteiger partial charge >= 0.3 is 26.2 Å². The average Bonchev–Trinajstić information content (AvgIpc) is 3.33. The van der Waals surface area contributed by atoms with E-state index < -0.39 is 0 Å². The largest absolute Gasteiger partial charge is 4.00 e. The molecule has 0 nitrogen and oxygen atoms in total. The van der Waals surface area contributed by atoms with Gasteiger partial charge in [-0.25, -0.2) is 11.6 Å². The molecule has 3 aromatic carbocycles. The third-order valence-corrected chi connectivity index (χ3v) is 6.42. The predicted molar refractivity (Wildman–Crippen MR) is 123 cm³/mol. The van der Waals surface area contributed by atoms with E-state index in [9.17, 15) is 0 Å². The van der Waals surface area contributed by atoms with Gasteiger partial charge in [0.2, 0.25) is 0 Å². The molecule has 0 aromatic heterocycles. The van der Waals surface area contributed by atoms with E-state index in [1.807, 2.05) is 0 Å². The zero-order chi connectivity index (χ0) is 19.1. The molecule has 0 aliphatic heterocycles. The Balaban J connectivity index is 0.000000569. The fourth-order valence-corrected chi connectivity index (χ4v) is 4.67. The van der Waals surface area contributed by atoms with Crippen molar-refractivity contribution in [3.8, 4) is 0 Å². The molecule has 2 unspecified atom stereocenters. The summed E-state index contributed by atoms with van der Waals surface area (Å²) < 4.78 is 0. The Morgan fingerprint density at radius 1 is 1.07 bits per heavy atom. The van der Waals surface area contributed by atoms with Crippen LogP contribution in [0.3, 0.4) is 0 Å². The summed E-state index contributed by atoms with van der Waals surface area (Å²) in [5.74, 6) is 0.726. The first-order chi connectivity index (χ1) is 13.2. The van der Waals surface area contributed by atoms with Crippen LogP contribution in [0.2, 0.25) is 0 Å². The van der Waals surface area contributed by atoms with Gasteiger partial charge in [0, 0.05) is 0 Å². The van der Waals surface area contributed by atoms with E-state index >= 15 is 0 Å². The molecule has 0 radical (unpaired) electrons. The van der Waals surface area contributed by atoms with Crippen LogP contribution in [-0.4, -0.2) is 0 Å². The Hall–Kier alpha value is -1.30. The van der Waals surface area contributed by atoms with Crippen LogP contribution in [-0.2, 0) is 26.2 Å². The van der Waals surface area contributed by atoms with Gasteiger partial charge in [-0.2, -0.15) is 12.1 Å². The van der Waals surface area contributed by atoms with Crippen molar-refractivity contribution in [2.24, 2.45) is 5.92 Å². The van der Waals surface area contributed by atoms with Gasteiger partial charge in [-0.15, -0.1) is 46.8 Å². The molecule has 0 heterocycles. The Labute approximate surface area is 200 Å². The van der Waals surface area contributed by atoms with Gasteiger partial charge in [-0.1, -0.05) is 65.1 Å². The molecule has 0 saturated carbocycles. The third kappa shape index (κ3) is 8.09. The number of fused-ring (bicyclic) bond motifs is 1. The summed E-state index contributed by atoms with van der Waals surface area (Å²) in [6.45, 7) is 6.70. The first-order valence-electron chi connectivity index (χ1n) is 9.92. The second kappa shape index (κ2) is 14.7. The van der Waals surface area contributed by atoms with Crippen LogP contribution in [0, 0.1) is 18.9 Å². The molecule has 0 N–H and O–H groups in total. The predicted octanol–water partition coefficient (Wildman–Crippen LogP) is 0.614. The van der Waals surface area contributed by atoms with E-state index in [4.69, 9.17) is 0 Å². The van der Waals surface area contributed by atoms with Crippen molar-refractivity contribution in [1.82, 2.24) is 0 Å². The molecular formula is C26H29F2PZr. The maximum atomic E-state index is 3.35. The fourth-order valence-electron chi connectivity index (χ4n) is 3.44. The van der Waals surface area contributed by atoms with Gasteiger partial charge in [0.05, 0.1) is 0 Å². The zero-order valence-electron chi connectivity index (χ0n) is 17.9. The second-order valence-electron chi connectivity index (χ2n) is 7.24. The Kier molecular flexibility index (Phi) is 14.0. The second-order valence-corrected chi connectivity index (χ2v) is 8.61. The van der Waals surface area contributed by atoms with Crippen LogP contribution in [0.25, 0.3) is 10.8 Å². The number of benzene rings is 2. The minimum absolute atomic E-state index is 0. The minimum atomic E-state index is 0. The van der Waals surface area contributed by atoms with E-state index in [1.54, 1.807) is 0 Å². The van der Waals surface area contributed by atoms with Crippen LogP contribution >= 0.6 is 8.58 Å². The average molecular weight is 502 g/mol. The van der Waals surface area contributed by atoms with E-state index in [-0.39, 0.29) is 35.6 Å². The fraction of sp³-hybridized carbons (Fsp3) is 0.269. The quantitative estimate of drug-likeness (QED) is 0.355. The topological polar surface area (TPSA) is 0 Å².